The minimum absolute atomic E-state index is 0.803. The van der Waals surface area contributed by atoms with Gasteiger partial charge in [0, 0.05) is 28.6 Å². The zero-order valence-electron chi connectivity index (χ0n) is 11.7. The lowest BCUT2D eigenvalue weighted by Gasteiger charge is -2.30. The maximum absolute atomic E-state index is 6.03. The molecular weight excluding hydrogens is 336 g/mol. The molecule has 2 nitrogen and oxygen atoms in total. The monoisotopic (exact) mass is 356 g/mol. The summed E-state index contributed by atoms with van der Waals surface area (Å²) in [6.45, 7) is 4.68. The highest BCUT2D eigenvalue weighted by Gasteiger charge is 2.31. The number of piperidine rings is 1. The van der Waals surface area contributed by atoms with E-state index in [2.05, 4.69) is 32.2 Å². The minimum Gasteiger partial charge on any atom is -0.317 e. The van der Waals surface area contributed by atoms with Crippen LogP contribution >= 0.6 is 27.5 Å². The molecule has 1 aromatic carbocycles. The molecule has 0 amide bonds. The van der Waals surface area contributed by atoms with Crippen molar-refractivity contribution in [1.29, 1.82) is 0 Å². The average molecular weight is 358 g/mol. The first-order chi connectivity index (χ1) is 9.72. The van der Waals surface area contributed by atoms with Gasteiger partial charge in [-0.1, -0.05) is 33.6 Å². The van der Waals surface area contributed by atoms with Crippen molar-refractivity contribution < 1.29 is 0 Å². The molecule has 2 aliphatic rings. The molecule has 1 saturated heterocycles. The predicted octanol–water partition coefficient (Wildman–Crippen LogP) is 4.07. The summed E-state index contributed by atoms with van der Waals surface area (Å²) in [6.07, 6.45) is 5.39. The van der Waals surface area contributed by atoms with Gasteiger partial charge >= 0.3 is 0 Å². The van der Waals surface area contributed by atoms with E-state index < -0.39 is 0 Å². The molecule has 1 saturated carbocycles. The van der Waals surface area contributed by atoms with E-state index in [1.54, 1.807) is 0 Å². The molecule has 0 aromatic heterocycles. The molecule has 1 heterocycles. The summed E-state index contributed by atoms with van der Waals surface area (Å²) in [5.41, 5.74) is 1.36. The van der Waals surface area contributed by atoms with Crippen molar-refractivity contribution in [3.63, 3.8) is 0 Å². The molecule has 1 aliphatic carbocycles. The first-order valence-electron chi connectivity index (χ1n) is 7.61. The summed E-state index contributed by atoms with van der Waals surface area (Å²) in [5.74, 6) is 0.864. The van der Waals surface area contributed by atoms with Crippen molar-refractivity contribution in [2.24, 2.45) is 5.92 Å². The lowest BCUT2D eigenvalue weighted by molar-refractivity contribution is 0.190. The number of rotatable bonds is 5. The van der Waals surface area contributed by atoms with Gasteiger partial charge in [0.1, 0.15) is 0 Å². The standard InChI is InChI=1S/C16H22BrClN2/c17-16-9-14(18)2-1-13(16)11-20(15-3-4-15)10-12-5-7-19-8-6-12/h1-2,9,12,15,19H,3-8,10-11H2. The van der Waals surface area contributed by atoms with Gasteiger partial charge in [0.15, 0.2) is 0 Å². The van der Waals surface area contributed by atoms with Gasteiger partial charge in [-0.3, -0.25) is 4.90 Å². The zero-order valence-corrected chi connectivity index (χ0v) is 14.1. The van der Waals surface area contributed by atoms with Crippen molar-refractivity contribution in [3.8, 4) is 0 Å². The first-order valence-corrected chi connectivity index (χ1v) is 8.78. The molecule has 1 aliphatic heterocycles. The predicted molar refractivity (Wildman–Crippen MR) is 88.2 cm³/mol. The summed E-state index contributed by atoms with van der Waals surface area (Å²) >= 11 is 9.68. The Labute approximate surface area is 135 Å². The van der Waals surface area contributed by atoms with Crippen LogP contribution in [0.5, 0.6) is 0 Å². The van der Waals surface area contributed by atoms with E-state index in [1.807, 2.05) is 12.1 Å². The van der Waals surface area contributed by atoms with E-state index in [0.717, 1.165) is 28.0 Å². The second-order valence-corrected chi connectivity index (χ2v) is 7.38. The van der Waals surface area contributed by atoms with Crippen LogP contribution in [0.25, 0.3) is 0 Å². The Morgan fingerprint density at radius 3 is 2.60 bits per heavy atom. The summed E-state index contributed by atoms with van der Waals surface area (Å²) in [7, 11) is 0. The normalized spacial score (nSPS) is 20.6. The quantitative estimate of drug-likeness (QED) is 0.854. The van der Waals surface area contributed by atoms with Gasteiger partial charge in [-0.05, 0) is 62.4 Å². The number of nitrogens with one attached hydrogen (secondary N) is 1. The van der Waals surface area contributed by atoms with Crippen molar-refractivity contribution in [2.75, 3.05) is 19.6 Å². The van der Waals surface area contributed by atoms with E-state index >= 15 is 0 Å². The van der Waals surface area contributed by atoms with E-state index in [-0.39, 0.29) is 0 Å². The fourth-order valence-electron chi connectivity index (χ4n) is 3.05. The van der Waals surface area contributed by atoms with Crippen LogP contribution in [0, 0.1) is 5.92 Å². The Kier molecular flexibility index (Phi) is 5.03. The molecular formula is C16H22BrClN2. The second kappa shape index (κ2) is 6.78. The van der Waals surface area contributed by atoms with E-state index in [9.17, 15) is 0 Å². The van der Waals surface area contributed by atoms with Crippen LogP contribution in [-0.2, 0) is 6.54 Å². The largest absolute Gasteiger partial charge is 0.317 e. The molecule has 0 radical (unpaired) electrons. The smallest absolute Gasteiger partial charge is 0.0417 e. The van der Waals surface area contributed by atoms with Crippen molar-refractivity contribution in [3.05, 3.63) is 33.3 Å². The zero-order chi connectivity index (χ0) is 13.9. The van der Waals surface area contributed by atoms with Gasteiger partial charge in [0.05, 0.1) is 0 Å². The molecule has 0 spiro atoms. The molecule has 1 aromatic rings. The Hall–Kier alpha value is -0.0900. The summed E-state index contributed by atoms with van der Waals surface area (Å²) < 4.78 is 1.14. The van der Waals surface area contributed by atoms with Gasteiger partial charge < -0.3 is 5.32 Å². The number of nitrogens with zero attached hydrogens (tertiary/aromatic N) is 1. The third-order valence-electron chi connectivity index (χ3n) is 4.40. The highest BCUT2D eigenvalue weighted by Crippen LogP contribution is 2.32. The van der Waals surface area contributed by atoms with Crippen molar-refractivity contribution >= 4 is 27.5 Å². The van der Waals surface area contributed by atoms with Crippen LogP contribution in [0.2, 0.25) is 5.02 Å². The van der Waals surface area contributed by atoms with Crippen molar-refractivity contribution in [2.45, 2.75) is 38.3 Å². The molecule has 3 rings (SSSR count). The Morgan fingerprint density at radius 1 is 1.20 bits per heavy atom. The topological polar surface area (TPSA) is 15.3 Å². The Bertz CT molecular complexity index is 456. The molecule has 2 fully saturated rings. The maximum Gasteiger partial charge on any atom is 0.0417 e. The van der Waals surface area contributed by atoms with Gasteiger partial charge in [0.2, 0.25) is 0 Å². The summed E-state index contributed by atoms with van der Waals surface area (Å²) in [6, 6.07) is 6.97. The second-order valence-electron chi connectivity index (χ2n) is 6.09. The third kappa shape index (κ3) is 3.97. The number of hydrogen-bond donors (Lipinski definition) is 1. The van der Waals surface area contributed by atoms with Gasteiger partial charge in [-0.15, -0.1) is 0 Å². The Morgan fingerprint density at radius 2 is 1.95 bits per heavy atom. The first kappa shape index (κ1) is 14.8. The molecule has 4 heteroatoms. The molecule has 1 N–H and O–H groups in total. The lowest BCUT2D eigenvalue weighted by atomic mass is 9.97. The lowest BCUT2D eigenvalue weighted by Crippen LogP contribution is -2.37. The van der Waals surface area contributed by atoms with Crippen LogP contribution in [0.3, 0.4) is 0 Å². The fraction of sp³-hybridized carbons (Fsp3) is 0.625. The maximum atomic E-state index is 6.03. The van der Waals surface area contributed by atoms with Crippen LogP contribution in [-0.4, -0.2) is 30.6 Å². The van der Waals surface area contributed by atoms with E-state index in [1.165, 1.54) is 50.9 Å². The van der Waals surface area contributed by atoms with Crippen LogP contribution in [0.4, 0.5) is 0 Å². The van der Waals surface area contributed by atoms with Crippen LogP contribution < -0.4 is 5.32 Å². The SMILES string of the molecule is Clc1ccc(CN(CC2CCNCC2)C2CC2)c(Br)c1. The molecule has 0 atom stereocenters. The Balaban J connectivity index is 1.64. The van der Waals surface area contributed by atoms with Gasteiger partial charge in [0.25, 0.3) is 0 Å². The van der Waals surface area contributed by atoms with Crippen molar-refractivity contribution in [1.82, 2.24) is 10.2 Å². The van der Waals surface area contributed by atoms with Gasteiger partial charge in [-0.25, -0.2) is 0 Å². The molecule has 20 heavy (non-hydrogen) atoms. The fourth-order valence-corrected chi connectivity index (χ4v) is 3.86. The van der Waals surface area contributed by atoms with Crippen LogP contribution in [0.1, 0.15) is 31.2 Å². The molecule has 0 unspecified atom stereocenters. The highest BCUT2D eigenvalue weighted by atomic mass is 79.9. The number of benzene rings is 1. The number of halogens is 2. The highest BCUT2D eigenvalue weighted by molar-refractivity contribution is 9.10. The molecule has 0 bridgehead atoms. The summed E-state index contributed by atoms with van der Waals surface area (Å²) in [4.78, 5) is 2.68. The van der Waals surface area contributed by atoms with E-state index in [4.69, 9.17) is 11.6 Å². The average Bonchev–Trinajstić information content (AvgIpc) is 3.26. The molecule has 110 valence electrons. The minimum atomic E-state index is 0.803. The summed E-state index contributed by atoms with van der Waals surface area (Å²) in [5, 5.41) is 4.26. The van der Waals surface area contributed by atoms with Gasteiger partial charge in [-0.2, -0.15) is 0 Å². The number of hydrogen-bond acceptors (Lipinski definition) is 2. The van der Waals surface area contributed by atoms with Crippen LogP contribution in [0.15, 0.2) is 22.7 Å². The van der Waals surface area contributed by atoms with E-state index in [0.29, 0.717) is 0 Å². The third-order valence-corrected chi connectivity index (χ3v) is 5.38.